The topological polar surface area (TPSA) is 66.6 Å². The Bertz CT molecular complexity index is 431. The molecule has 1 aromatic rings. The lowest BCUT2D eigenvalue weighted by atomic mass is 9.94. The van der Waals surface area contributed by atoms with Crippen molar-refractivity contribution < 1.29 is 9.90 Å². The molecule has 19 heavy (non-hydrogen) atoms. The molecule has 1 unspecified atom stereocenters. The summed E-state index contributed by atoms with van der Waals surface area (Å²) in [5, 5.41) is 10.0. The van der Waals surface area contributed by atoms with Crippen molar-refractivity contribution in [2.45, 2.75) is 37.8 Å². The van der Waals surface area contributed by atoms with Crippen LogP contribution in [0.1, 0.15) is 25.3 Å². The van der Waals surface area contributed by atoms with E-state index in [4.69, 9.17) is 5.73 Å². The molecule has 0 bridgehead atoms. The first-order valence-corrected chi connectivity index (χ1v) is 6.79. The summed E-state index contributed by atoms with van der Waals surface area (Å²) >= 11 is 0. The number of nitrogens with zero attached hydrogens (tertiary/aromatic N) is 1. The van der Waals surface area contributed by atoms with E-state index in [1.807, 2.05) is 30.3 Å². The van der Waals surface area contributed by atoms with Crippen LogP contribution in [0.3, 0.4) is 0 Å². The van der Waals surface area contributed by atoms with Gasteiger partial charge < -0.3 is 15.7 Å². The van der Waals surface area contributed by atoms with Gasteiger partial charge in [0.05, 0.1) is 11.6 Å². The lowest BCUT2D eigenvalue weighted by Gasteiger charge is -2.37. The first-order chi connectivity index (χ1) is 8.98. The maximum atomic E-state index is 12.3. The van der Waals surface area contributed by atoms with Gasteiger partial charge in [-0.25, -0.2) is 0 Å². The molecule has 1 aliphatic rings. The normalized spacial score (nSPS) is 25.1. The van der Waals surface area contributed by atoms with Crippen LogP contribution in [0.5, 0.6) is 0 Å². The summed E-state index contributed by atoms with van der Waals surface area (Å²) in [5.74, 6) is -0.0659. The maximum Gasteiger partial charge on any atom is 0.239 e. The van der Waals surface area contributed by atoms with Crippen molar-refractivity contribution in [2.24, 2.45) is 5.73 Å². The first-order valence-electron chi connectivity index (χ1n) is 6.79. The standard InChI is InChI=1S/C15H22N2O2/c1-15(19)8-5-9-17(11-15)14(18)13(16)10-12-6-3-2-4-7-12/h2-4,6-7,13,19H,5,8-11,16H2,1H3/t13-,15?/m0/s1. The van der Waals surface area contributed by atoms with Crippen molar-refractivity contribution in [3.05, 3.63) is 35.9 Å². The van der Waals surface area contributed by atoms with Crippen molar-refractivity contribution in [1.82, 2.24) is 4.90 Å². The van der Waals surface area contributed by atoms with E-state index in [1.165, 1.54) is 0 Å². The third-order valence-electron chi connectivity index (χ3n) is 3.60. The smallest absolute Gasteiger partial charge is 0.239 e. The Balaban J connectivity index is 1.95. The highest BCUT2D eigenvalue weighted by molar-refractivity contribution is 5.82. The average Bonchev–Trinajstić information content (AvgIpc) is 2.38. The van der Waals surface area contributed by atoms with Crippen molar-refractivity contribution in [3.63, 3.8) is 0 Å². The molecule has 3 N–H and O–H groups in total. The second-order valence-electron chi connectivity index (χ2n) is 5.66. The van der Waals surface area contributed by atoms with Gasteiger partial charge in [-0.1, -0.05) is 30.3 Å². The molecule has 0 spiro atoms. The summed E-state index contributed by atoms with van der Waals surface area (Å²) in [6.07, 6.45) is 2.11. The van der Waals surface area contributed by atoms with Crippen LogP contribution in [0.2, 0.25) is 0 Å². The summed E-state index contributed by atoms with van der Waals surface area (Å²) in [5.41, 5.74) is 6.28. The molecule has 0 saturated carbocycles. The van der Waals surface area contributed by atoms with E-state index >= 15 is 0 Å². The predicted molar refractivity (Wildman–Crippen MR) is 74.6 cm³/mol. The molecule has 0 aliphatic carbocycles. The molecule has 1 amide bonds. The number of hydrogen-bond donors (Lipinski definition) is 2. The molecular formula is C15H22N2O2. The molecule has 1 aliphatic heterocycles. The van der Waals surface area contributed by atoms with Crippen LogP contribution in [0.15, 0.2) is 30.3 Å². The molecule has 104 valence electrons. The van der Waals surface area contributed by atoms with E-state index in [0.717, 1.165) is 18.4 Å². The van der Waals surface area contributed by atoms with E-state index in [-0.39, 0.29) is 5.91 Å². The third kappa shape index (κ3) is 3.78. The second-order valence-corrected chi connectivity index (χ2v) is 5.66. The fourth-order valence-corrected chi connectivity index (χ4v) is 2.60. The minimum absolute atomic E-state index is 0.0659. The molecule has 0 aromatic heterocycles. The van der Waals surface area contributed by atoms with Gasteiger partial charge in [-0.05, 0) is 31.7 Å². The second kappa shape index (κ2) is 5.72. The van der Waals surface area contributed by atoms with Gasteiger partial charge in [0.1, 0.15) is 0 Å². The van der Waals surface area contributed by atoms with Crippen LogP contribution in [0.4, 0.5) is 0 Å². The van der Waals surface area contributed by atoms with Gasteiger partial charge in [0.2, 0.25) is 5.91 Å². The Morgan fingerprint density at radius 2 is 2.16 bits per heavy atom. The number of β-amino-alcohol motifs (C(OH)–C–C–N with tert-alkyl or cyclic N) is 1. The van der Waals surface area contributed by atoms with E-state index < -0.39 is 11.6 Å². The number of benzene rings is 1. The number of likely N-dealkylation sites (tertiary alicyclic amines) is 1. The summed E-state index contributed by atoms with van der Waals surface area (Å²) < 4.78 is 0. The molecular weight excluding hydrogens is 240 g/mol. The van der Waals surface area contributed by atoms with Crippen LogP contribution in [-0.2, 0) is 11.2 Å². The number of nitrogens with two attached hydrogens (primary N) is 1. The van der Waals surface area contributed by atoms with Crippen LogP contribution < -0.4 is 5.73 Å². The fourth-order valence-electron chi connectivity index (χ4n) is 2.60. The van der Waals surface area contributed by atoms with Crippen LogP contribution >= 0.6 is 0 Å². The van der Waals surface area contributed by atoms with E-state index in [9.17, 15) is 9.90 Å². The minimum atomic E-state index is -0.777. The summed E-state index contributed by atoms with van der Waals surface area (Å²) in [6, 6.07) is 9.24. The van der Waals surface area contributed by atoms with Gasteiger partial charge in [0.15, 0.2) is 0 Å². The van der Waals surface area contributed by atoms with Crippen molar-refractivity contribution >= 4 is 5.91 Å². The number of carbonyl (C=O) groups excluding carboxylic acids is 1. The van der Waals surface area contributed by atoms with Crippen LogP contribution in [0, 0.1) is 0 Å². The van der Waals surface area contributed by atoms with E-state index in [0.29, 0.717) is 19.5 Å². The number of amides is 1. The lowest BCUT2D eigenvalue weighted by Crippen LogP contribution is -2.53. The molecule has 2 atom stereocenters. The zero-order chi connectivity index (χ0) is 13.9. The highest BCUT2D eigenvalue weighted by Gasteiger charge is 2.32. The van der Waals surface area contributed by atoms with Gasteiger partial charge in [0.25, 0.3) is 0 Å². The average molecular weight is 262 g/mol. The molecule has 4 nitrogen and oxygen atoms in total. The van der Waals surface area contributed by atoms with Gasteiger partial charge in [-0.2, -0.15) is 0 Å². The number of rotatable bonds is 3. The zero-order valence-electron chi connectivity index (χ0n) is 11.4. The van der Waals surface area contributed by atoms with Crippen molar-refractivity contribution in [1.29, 1.82) is 0 Å². The Morgan fingerprint density at radius 3 is 2.79 bits per heavy atom. The largest absolute Gasteiger partial charge is 0.388 e. The maximum absolute atomic E-state index is 12.3. The van der Waals surface area contributed by atoms with Crippen molar-refractivity contribution in [2.75, 3.05) is 13.1 Å². The first kappa shape index (κ1) is 14.0. The fraction of sp³-hybridized carbons (Fsp3) is 0.533. The number of piperidine rings is 1. The highest BCUT2D eigenvalue weighted by Crippen LogP contribution is 2.20. The molecule has 2 rings (SSSR count). The Morgan fingerprint density at radius 1 is 1.47 bits per heavy atom. The molecule has 1 heterocycles. The predicted octanol–water partition coefficient (Wildman–Crippen LogP) is 0.930. The monoisotopic (exact) mass is 262 g/mol. The summed E-state index contributed by atoms with van der Waals surface area (Å²) in [6.45, 7) is 2.85. The highest BCUT2D eigenvalue weighted by atomic mass is 16.3. The SMILES string of the molecule is CC1(O)CCCN(C(=O)[C@@H](N)Cc2ccccc2)C1. The van der Waals surface area contributed by atoms with E-state index in [1.54, 1.807) is 11.8 Å². The van der Waals surface area contributed by atoms with E-state index in [2.05, 4.69) is 0 Å². The number of carbonyl (C=O) groups is 1. The van der Waals surface area contributed by atoms with Gasteiger partial charge in [-0.15, -0.1) is 0 Å². The summed E-state index contributed by atoms with van der Waals surface area (Å²) in [7, 11) is 0. The summed E-state index contributed by atoms with van der Waals surface area (Å²) in [4.78, 5) is 14.0. The number of hydrogen-bond acceptors (Lipinski definition) is 3. The lowest BCUT2D eigenvalue weighted by molar-refractivity contribution is -0.138. The minimum Gasteiger partial charge on any atom is -0.388 e. The van der Waals surface area contributed by atoms with Gasteiger partial charge in [-0.3, -0.25) is 4.79 Å². The number of aliphatic hydroxyl groups is 1. The molecule has 1 aromatic carbocycles. The van der Waals surface area contributed by atoms with Crippen molar-refractivity contribution in [3.8, 4) is 0 Å². The van der Waals surface area contributed by atoms with Gasteiger partial charge in [0, 0.05) is 13.1 Å². The van der Waals surface area contributed by atoms with Crippen LogP contribution in [-0.4, -0.2) is 40.6 Å². The Kier molecular flexibility index (Phi) is 4.22. The quantitative estimate of drug-likeness (QED) is 0.851. The van der Waals surface area contributed by atoms with Gasteiger partial charge >= 0.3 is 0 Å². The zero-order valence-corrected chi connectivity index (χ0v) is 11.4. The Hall–Kier alpha value is -1.39. The Labute approximate surface area is 114 Å². The molecule has 1 saturated heterocycles. The molecule has 4 heteroatoms. The molecule has 0 radical (unpaired) electrons. The molecule has 1 fully saturated rings. The third-order valence-corrected chi connectivity index (χ3v) is 3.60. The van der Waals surface area contributed by atoms with Crippen LogP contribution in [0.25, 0.3) is 0 Å².